The van der Waals surface area contributed by atoms with Gasteiger partial charge in [-0.2, -0.15) is 0 Å². The molecule has 2 bridgehead atoms. The Morgan fingerprint density at radius 1 is 1.67 bits per heavy atom. The van der Waals surface area contributed by atoms with E-state index in [1.165, 1.54) is 6.42 Å². The first kappa shape index (κ1) is 5.48. The zero-order chi connectivity index (χ0) is 6.48. The van der Waals surface area contributed by atoms with E-state index >= 15 is 0 Å². The molecule has 9 heavy (non-hydrogen) atoms. The van der Waals surface area contributed by atoms with Gasteiger partial charge in [0.25, 0.3) is 0 Å². The van der Waals surface area contributed by atoms with Crippen molar-refractivity contribution in [2.45, 2.75) is 25.9 Å². The first-order valence-electron chi connectivity index (χ1n) is 3.58. The van der Waals surface area contributed by atoms with Gasteiger partial charge in [-0.15, -0.1) is 0 Å². The molecule has 0 aliphatic heterocycles. The van der Waals surface area contributed by atoms with Crippen molar-refractivity contribution in [1.82, 2.24) is 0 Å². The zero-order valence-electron chi connectivity index (χ0n) is 5.67. The normalized spacial score (nSPS) is 54.9. The minimum Gasteiger partial charge on any atom is -0.392 e. The Hall–Kier alpha value is -0.300. The molecule has 0 heterocycles. The fourth-order valence-corrected chi connectivity index (χ4v) is 2.02. The second kappa shape index (κ2) is 1.40. The number of aliphatic hydroxyl groups excluding tert-OH is 1. The van der Waals surface area contributed by atoms with Crippen molar-refractivity contribution in [3.05, 3.63) is 12.2 Å². The van der Waals surface area contributed by atoms with Crippen LogP contribution in [0.15, 0.2) is 12.2 Å². The molecule has 0 aromatic carbocycles. The lowest BCUT2D eigenvalue weighted by Gasteiger charge is -2.22. The van der Waals surface area contributed by atoms with E-state index in [0.717, 1.165) is 6.42 Å². The van der Waals surface area contributed by atoms with Crippen LogP contribution in [0.3, 0.4) is 0 Å². The van der Waals surface area contributed by atoms with Crippen LogP contribution in [0.4, 0.5) is 0 Å². The van der Waals surface area contributed by atoms with E-state index in [0.29, 0.717) is 5.92 Å². The number of hydrogen-bond donors (Lipinski definition) is 1. The summed E-state index contributed by atoms with van der Waals surface area (Å²) in [5.41, 5.74) is 0.144. The summed E-state index contributed by atoms with van der Waals surface area (Å²) < 4.78 is 0. The number of allylic oxidation sites excluding steroid dienone is 1. The molecule has 0 unspecified atom stereocenters. The minimum atomic E-state index is -0.0625. The quantitative estimate of drug-likeness (QED) is 0.483. The average molecular weight is 124 g/mol. The first-order valence-corrected chi connectivity index (χ1v) is 3.58. The maximum Gasteiger partial charge on any atom is 0.0634 e. The fraction of sp³-hybridized carbons (Fsp3) is 0.750. The Bertz CT molecular complexity index is 162. The molecule has 0 aromatic heterocycles. The number of fused-ring (bicyclic) bond motifs is 2. The second-order valence-corrected chi connectivity index (χ2v) is 3.58. The molecule has 0 aromatic rings. The fourth-order valence-electron chi connectivity index (χ4n) is 2.02. The van der Waals surface area contributed by atoms with E-state index in [9.17, 15) is 5.11 Å². The van der Waals surface area contributed by atoms with E-state index < -0.39 is 0 Å². The second-order valence-electron chi connectivity index (χ2n) is 3.58. The van der Waals surface area contributed by atoms with Gasteiger partial charge in [0.2, 0.25) is 0 Å². The van der Waals surface area contributed by atoms with E-state index in [1.807, 2.05) is 0 Å². The molecule has 1 fully saturated rings. The standard InChI is InChI=1S/C8H12O/c1-8-3-2-6(5-8)4-7(8)9/h2-3,6-7,9H,4-5H2,1H3/t6-,7-,8-/m1/s1. The Morgan fingerprint density at radius 2 is 2.44 bits per heavy atom. The van der Waals surface area contributed by atoms with Crippen molar-refractivity contribution >= 4 is 0 Å². The lowest BCUT2D eigenvalue weighted by atomic mass is 9.88. The summed E-state index contributed by atoms with van der Waals surface area (Å²) >= 11 is 0. The van der Waals surface area contributed by atoms with Gasteiger partial charge >= 0.3 is 0 Å². The third-order valence-corrected chi connectivity index (χ3v) is 2.74. The first-order chi connectivity index (χ1) is 4.21. The predicted octanol–water partition coefficient (Wildman–Crippen LogP) is 1.33. The zero-order valence-corrected chi connectivity index (χ0v) is 5.67. The van der Waals surface area contributed by atoms with Crippen molar-refractivity contribution in [2.75, 3.05) is 0 Å². The summed E-state index contributed by atoms with van der Waals surface area (Å²) in [7, 11) is 0. The van der Waals surface area contributed by atoms with E-state index in [2.05, 4.69) is 19.1 Å². The number of rotatable bonds is 0. The average Bonchev–Trinajstić information content (AvgIpc) is 2.22. The highest BCUT2D eigenvalue weighted by Crippen LogP contribution is 2.48. The van der Waals surface area contributed by atoms with Crippen LogP contribution in [-0.4, -0.2) is 11.2 Å². The van der Waals surface area contributed by atoms with Gasteiger partial charge < -0.3 is 5.11 Å². The van der Waals surface area contributed by atoms with Gasteiger partial charge in [-0.1, -0.05) is 19.1 Å². The minimum absolute atomic E-state index is 0.0625. The van der Waals surface area contributed by atoms with Crippen LogP contribution in [0.2, 0.25) is 0 Å². The maximum atomic E-state index is 9.43. The Kier molecular flexibility index (Phi) is 0.854. The van der Waals surface area contributed by atoms with E-state index in [1.54, 1.807) is 0 Å². The van der Waals surface area contributed by atoms with Crippen molar-refractivity contribution in [3.63, 3.8) is 0 Å². The van der Waals surface area contributed by atoms with Gasteiger partial charge in [-0.25, -0.2) is 0 Å². The van der Waals surface area contributed by atoms with Gasteiger partial charge in [0.15, 0.2) is 0 Å². The van der Waals surface area contributed by atoms with Crippen LogP contribution in [0, 0.1) is 11.3 Å². The molecule has 1 N–H and O–H groups in total. The molecule has 0 radical (unpaired) electrons. The Balaban J connectivity index is 2.33. The highest BCUT2D eigenvalue weighted by Gasteiger charge is 2.44. The van der Waals surface area contributed by atoms with Gasteiger partial charge in [0.05, 0.1) is 6.10 Å². The number of aliphatic hydroxyl groups is 1. The highest BCUT2D eigenvalue weighted by atomic mass is 16.3. The van der Waals surface area contributed by atoms with Crippen molar-refractivity contribution in [3.8, 4) is 0 Å². The molecule has 3 atom stereocenters. The van der Waals surface area contributed by atoms with Crippen LogP contribution in [0.25, 0.3) is 0 Å². The van der Waals surface area contributed by atoms with Crippen LogP contribution in [0.5, 0.6) is 0 Å². The van der Waals surface area contributed by atoms with Crippen LogP contribution >= 0.6 is 0 Å². The van der Waals surface area contributed by atoms with Crippen molar-refractivity contribution in [1.29, 1.82) is 0 Å². The maximum absolute atomic E-state index is 9.43. The van der Waals surface area contributed by atoms with Crippen LogP contribution in [-0.2, 0) is 0 Å². The van der Waals surface area contributed by atoms with Gasteiger partial charge in [-0.05, 0) is 18.8 Å². The lowest BCUT2D eigenvalue weighted by molar-refractivity contribution is 0.0965. The molecule has 2 aliphatic carbocycles. The Morgan fingerprint density at radius 3 is 2.67 bits per heavy atom. The molecule has 1 heteroatoms. The van der Waals surface area contributed by atoms with Crippen molar-refractivity contribution < 1.29 is 5.11 Å². The summed E-state index contributed by atoms with van der Waals surface area (Å²) in [6.45, 7) is 2.14. The summed E-state index contributed by atoms with van der Waals surface area (Å²) in [6, 6.07) is 0. The van der Waals surface area contributed by atoms with Gasteiger partial charge in [-0.3, -0.25) is 0 Å². The molecular weight excluding hydrogens is 112 g/mol. The summed E-state index contributed by atoms with van der Waals surface area (Å²) in [4.78, 5) is 0. The molecule has 1 saturated carbocycles. The van der Waals surface area contributed by atoms with Crippen LogP contribution < -0.4 is 0 Å². The molecule has 50 valence electrons. The van der Waals surface area contributed by atoms with E-state index in [4.69, 9.17) is 0 Å². The summed E-state index contributed by atoms with van der Waals surface area (Å²) in [5, 5.41) is 9.43. The molecule has 0 amide bonds. The molecule has 1 nitrogen and oxygen atoms in total. The molecule has 0 saturated heterocycles. The monoisotopic (exact) mass is 124 g/mol. The third-order valence-electron chi connectivity index (χ3n) is 2.74. The topological polar surface area (TPSA) is 20.2 Å². The number of hydrogen-bond acceptors (Lipinski definition) is 1. The summed E-state index contributed by atoms with van der Waals surface area (Å²) in [5.74, 6) is 0.685. The highest BCUT2D eigenvalue weighted by molar-refractivity contribution is 5.17. The van der Waals surface area contributed by atoms with E-state index in [-0.39, 0.29) is 11.5 Å². The van der Waals surface area contributed by atoms with Gasteiger partial charge in [0.1, 0.15) is 0 Å². The van der Waals surface area contributed by atoms with Crippen molar-refractivity contribution in [2.24, 2.45) is 11.3 Å². The smallest absolute Gasteiger partial charge is 0.0634 e. The molecule has 0 spiro atoms. The predicted molar refractivity (Wildman–Crippen MR) is 36.0 cm³/mol. The largest absolute Gasteiger partial charge is 0.392 e. The Labute approximate surface area is 55.4 Å². The SMILES string of the molecule is C[C@]12C=C[C@H](C[C@H]1O)C2. The lowest BCUT2D eigenvalue weighted by Crippen LogP contribution is -2.23. The van der Waals surface area contributed by atoms with Crippen LogP contribution in [0.1, 0.15) is 19.8 Å². The third kappa shape index (κ3) is 0.584. The van der Waals surface area contributed by atoms with Gasteiger partial charge in [0, 0.05) is 5.41 Å². The molecular formula is C8H12O. The molecule has 2 aliphatic rings. The summed E-state index contributed by atoms with van der Waals surface area (Å²) in [6.07, 6.45) is 6.52. The molecule has 2 rings (SSSR count).